The Morgan fingerprint density at radius 1 is 1.29 bits per heavy atom. The number of benzene rings is 1. The van der Waals surface area contributed by atoms with E-state index in [1.165, 1.54) is 6.21 Å². The Kier molecular flexibility index (Phi) is 5.09. The van der Waals surface area contributed by atoms with Crippen LogP contribution in [0.5, 0.6) is 0 Å². The Balaban J connectivity index is 2.58. The van der Waals surface area contributed by atoms with Crippen LogP contribution in [0.25, 0.3) is 6.08 Å². The van der Waals surface area contributed by atoms with Gasteiger partial charge in [-0.3, -0.25) is 9.59 Å². The van der Waals surface area contributed by atoms with Crippen molar-refractivity contribution >= 4 is 40.0 Å². The highest BCUT2D eigenvalue weighted by molar-refractivity contribution is 9.12. The lowest BCUT2D eigenvalue weighted by Crippen LogP contribution is -2.32. The first-order chi connectivity index (χ1) is 8.09. The molecule has 0 aliphatic carbocycles. The Bertz CT molecular complexity index is 469. The number of nitrogens with one attached hydrogen (secondary N) is 1. The van der Waals surface area contributed by atoms with E-state index in [9.17, 15) is 9.59 Å². The van der Waals surface area contributed by atoms with E-state index in [-0.39, 0.29) is 0 Å². The van der Waals surface area contributed by atoms with E-state index in [0.29, 0.717) is 4.48 Å². The van der Waals surface area contributed by atoms with Gasteiger partial charge in [0.1, 0.15) is 0 Å². The van der Waals surface area contributed by atoms with Gasteiger partial charge < -0.3 is 5.73 Å². The van der Waals surface area contributed by atoms with E-state index in [2.05, 4.69) is 21.0 Å². The lowest BCUT2D eigenvalue weighted by molar-refractivity contribution is -0.137. The van der Waals surface area contributed by atoms with Crippen molar-refractivity contribution in [3.05, 3.63) is 40.4 Å². The summed E-state index contributed by atoms with van der Waals surface area (Å²) in [5.41, 5.74) is 7.69. The van der Waals surface area contributed by atoms with Gasteiger partial charge in [-0.05, 0) is 27.6 Å². The number of rotatable bonds is 3. The van der Waals surface area contributed by atoms with Crippen LogP contribution in [0.1, 0.15) is 5.56 Å². The molecule has 88 valence electrons. The van der Waals surface area contributed by atoms with Crippen molar-refractivity contribution in [1.82, 2.24) is 5.43 Å². The summed E-state index contributed by atoms with van der Waals surface area (Å²) in [7, 11) is 0. The normalized spacial score (nSPS) is 11.5. The van der Waals surface area contributed by atoms with Gasteiger partial charge in [-0.25, -0.2) is 5.43 Å². The molecule has 0 unspecified atom stereocenters. The van der Waals surface area contributed by atoms with Crippen LogP contribution < -0.4 is 11.2 Å². The molecule has 0 saturated heterocycles. The lowest BCUT2D eigenvalue weighted by Gasteiger charge is -1.94. The zero-order valence-corrected chi connectivity index (χ0v) is 10.3. The zero-order chi connectivity index (χ0) is 12.7. The number of amides is 2. The number of primary amides is 1. The Morgan fingerprint density at radius 3 is 2.53 bits per heavy atom. The van der Waals surface area contributed by atoms with Crippen LogP contribution >= 0.6 is 15.9 Å². The first-order valence-corrected chi connectivity index (χ1v) is 5.44. The number of carbonyl (C=O) groups is 2. The molecule has 1 aromatic carbocycles. The maximum Gasteiger partial charge on any atom is 0.329 e. The van der Waals surface area contributed by atoms with Crippen LogP contribution in [-0.4, -0.2) is 18.0 Å². The van der Waals surface area contributed by atoms with Crippen LogP contribution in [0, 0.1) is 0 Å². The minimum Gasteiger partial charge on any atom is -0.361 e. The fraction of sp³-hybridized carbons (Fsp3) is 0. The summed E-state index contributed by atoms with van der Waals surface area (Å²) in [5.74, 6) is -2.04. The SMILES string of the molecule is NC(=O)C(=O)NN=CC(Br)=Cc1ccccc1. The molecule has 0 bridgehead atoms. The van der Waals surface area contributed by atoms with Crippen molar-refractivity contribution in [2.75, 3.05) is 0 Å². The fourth-order valence-electron chi connectivity index (χ4n) is 0.953. The van der Waals surface area contributed by atoms with Crippen LogP contribution in [0.15, 0.2) is 39.9 Å². The molecule has 0 atom stereocenters. The summed E-state index contributed by atoms with van der Waals surface area (Å²) in [6.07, 6.45) is 3.16. The highest BCUT2D eigenvalue weighted by Crippen LogP contribution is 2.09. The van der Waals surface area contributed by atoms with Gasteiger partial charge in [0.05, 0.1) is 6.21 Å². The van der Waals surface area contributed by atoms with Crippen LogP contribution in [0.2, 0.25) is 0 Å². The monoisotopic (exact) mass is 295 g/mol. The summed E-state index contributed by atoms with van der Waals surface area (Å²) in [6.45, 7) is 0. The zero-order valence-electron chi connectivity index (χ0n) is 8.76. The standard InChI is InChI=1S/C11H10BrN3O2/c12-9(6-8-4-2-1-3-5-8)7-14-15-11(17)10(13)16/h1-7H,(H2,13,16)(H,15,17). The minimum atomic E-state index is -1.08. The third kappa shape index (κ3) is 5.07. The number of allylic oxidation sites excluding steroid dienone is 1. The summed E-state index contributed by atoms with van der Waals surface area (Å²) in [4.78, 5) is 21.1. The van der Waals surface area contributed by atoms with E-state index in [4.69, 9.17) is 5.73 Å². The minimum absolute atomic E-state index is 0.647. The van der Waals surface area contributed by atoms with Crippen molar-refractivity contribution < 1.29 is 9.59 Å². The quantitative estimate of drug-likeness (QED) is 0.495. The summed E-state index contributed by atoms with van der Waals surface area (Å²) in [5, 5.41) is 3.55. The Hall–Kier alpha value is -1.95. The number of hydrogen-bond donors (Lipinski definition) is 2. The number of carbonyl (C=O) groups excluding carboxylic acids is 2. The van der Waals surface area contributed by atoms with Crippen molar-refractivity contribution in [3.8, 4) is 0 Å². The molecule has 1 aromatic rings. The lowest BCUT2D eigenvalue weighted by atomic mass is 10.2. The summed E-state index contributed by atoms with van der Waals surface area (Å²) in [6, 6.07) is 9.54. The van der Waals surface area contributed by atoms with Crippen LogP contribution in [-0.2, 0) is 9.59 Å². The summed E-state index contributed by atoms with van der Waals surface area (Å²) >= 11 is 3.25. The van der Waals surface area contributed by atoms with Gasteiger partial charge in [0, 0.05) is 4.48 Å². The van der Waals surface area contributed by atoms with Gasteiger partial charge in [-0.1, -0.05) is 30.3 Å². The van der Waals surface area contributed by atoms with E-state index in [1.54, 1.807) is 6.08 Å². The molecule has 0 aliphatic rings. The first-order valence-electron chi connectivity index (χ1n) is 4.64. The Morgan fingerprint density at radius 2 is 1.94 bits per heavy atom. The molecule has 1 rings (SSSR count). The topological polar surface area (TPSA) is 84.5 Å². The second kappa shape index (κ2) is 6.59. The van der Waals surface area contributed by atoms with Gasteiger partial charge in [-0.15, -0.1) is 0 Å². The van der Waals surface area contributed by atoms with E-state index < -0.39 is 11.8 Å². The maximum atomic E-state index is 10.7. The van der Waals surface area contributed by atoms with Crippen molar-refractivity contribution in [2.45, 2.75) is 0 Å². The fourth-order valence-corrected chi connectivity index (χ4v) is 1.32. The summed E-state index contributed by atoms with van der Waals surface area (Å²) < 4.78 is 0.647. The molecule has 6 heteroatoms. The number of hydrogen-bond acceptors (Lipinski definition) is 3. The number of hydrazone groups is 1. The van der Waals surface area contributed by atoms with Gasteiger partial charge in [0.25, 0.3) is 0 Å². The average Bonchev–Trinajstić information content (AvgIpc) is 2.30. The molecule has 0 aliphatic heterocycles. The second-order valence-electron chi connectivity index (χ2n) is 3.00. The highest BCUT2D eigenvalue weighted by atomic mass is 79.9. The van der Waals surface area contributed by atoms with E-state index in [1.807, 2.05) is 35.8 Å². The van der Waals surface area contributed by atoms with Crippen molar-refractivity contribution in [3.63, 3.8) is 0 Å². The van der Waals surface area contributed by atoms with Gasteiger partial charge in [-0.2, -0.15) is 5.10 Å². The van der Waals surface area contributed by atoms with Crippen molar-refractivity contribution in [1.29, 1.82) is 0 Å². The molecular weight excluding hydrogens is 286 g/mol. The maximum absolute atomic E-state index is 10.7. The Labute approximate surface area is 107 Å². The van der Waals surface area contributed by atoms with E-state index in [0.717, 1.165) is 5.56 Å². The molecule has 0 radical (unpaired) electrons. The van der Waals surface area contributed by atoms with Crippen LogP contribution in [0.3, 0.4) is 0 Å². The predicted molar refractivity (Wildman–Crippen MR) is 69.2 cm³/mol. The molecule has 0 saturated carbocycles. The van der Waals surface area contributed by atoms with Gasteiger partial charge >= 0.3 is 11.8 Å². The van der Waals surface area contributed by atoms with Gasteiger partial charge in [0.15, 0.2) is 0 Å². The molecular formula is C11H10BrN3O2. The highest BCUT2D eigenvalue weighted by Gasteiger charge is 2.05. The molecule has 3 N–H and O–H groups in total. The van der Waals surface area contributed by atoms with Gasteiger partial charge in [0.2, 0.25) is 0 Å². The third-order valence-electron chi connectivity index (χ3n) is 1.68. The largest absolute Gasteiger partial charge is 0.361 e. The number of nitrogens with zero attached hydrogens (tertiary/aromatic N) is 1. The second-order valence-corrected chi connectivity index (χ2v) is 3.92. The number of nitrogens with two attached hydrogens (primary N) is 1. The molecule has 0 spiro atoms. The predicted octanol–water partition coefficient (Wildman–Crippen LogP) is 1.01. The van der Waals surface area contributed by atoms with E-state index >= 15 is 0 Å². The molecule has 17 heavy (non-hydrogen) atoms. The molecule has 5 nitrogen and oxygen atoms in total. The van der Waals surface area contributed by atoms with Crippen LogP contribution in [0.4, 0.5) is 0 Å². The number of halogens is 1. The first kappa shape index (κ1) is 13.1. The molecule has 0 heterocycles. The molecule has 0 fully saturated rings. The van der Waals surface area contributed by atoms with Crippen molar-refractivity contribution in [2.24, 2.45) is 10.8 Å². The third-order valence-corrected chi connectivity index (χ3v) is 2.12. The smallest absolute Gasteiger partial charge is 0.329 e. The average molecular weight is 296 g/mol. The molecule has 2 amide bonds. The molecule has 0 aromatic heterocycles.